The molecule has 3 aliphatic rings. The minimum atomic E-state index is -3.74. The fourth-order valence-electron chi connectivity index (χ4n) is 9.70. The van der Waals surface area contributed by atoms with E-state index >= 15 is 0 Å². The van der Waals surface area contributed by atoms with E-state index in [9.17, 15) is 49.9 Å². The zero-order valence-electron chi connectivity index (χ0n) is 49.6. The molecule has 85 heavy (non-hydrogen) atoms. The number of nitrogens with zero attached hydrogens (tertiary/aromatic N) is 2. The van der Waals surface area contributed by atoms with Gasteiger partial charge in [0.05, 0.1) is 59.2 Å². The summed E-state index contributed by atoms with van der Waals surface area (Å²) in [5, 5.41) is 24.7. The first-order valence-electron chi connectivity index (χ1n) is 27.5. The summed E-state index contributed by atoms with van der Waals surface area (Å²) in [6, 6.07) is 37.9. The Morgan fingerprint density at radius 2 is 0.871 bits per heavy atom. The van der Waals surface area contributed by atoms with Crippen molar-refractivity contribution in [2.75, 3.05) is 40.8 Å². The minimum Gasteiger partial charge on any atom is -0.489 e. The van der Waals surface area contributed by atoms with Crippen LogP contribution in [-0.2, 0) is 50.2 Å². The van der Waals surface area contributed by atoms with E-state index in [0.717, 1.165) is 0 Å². The van der Waals surface area contributed by atoms with Gasteiger partial charge in [0.25, 0.3) is 0 Å². The van der Waals surface area contributed by atoms with Crippen LogP contribution in [-0.4, -0.2) is 134 Å². The monoisotopic (exact) mass is 1230 g/mol. The van der Waals surface area contributed by atoms with E-state index < -0.39 is 76.3 Å². The van der Waals surface area contributed by atoms with Gasteiger partial charge >= 0.3 is 12.2 Å². The van der Waals surface area contributed by atoms with Crippen molar-refractivity contribution >= 4 is 47.5 Å². The van der Waals surface area contributed by atoms with Gasteiger partial charge in [0, 0.05) is 51.0 Å². The highest BCUT2D eigenvalue weighted by Gasteiger charge is 2.40. The number of aliphatic hydroxyl groups is 2. The van der Waals surface area contributed by atoms with Crippen LogP contribution in [0.3, 0.4) is 0 Å². The molecule has 3 aliphatic heterocycles. The number of ketones is 1. The molecule has 3 heterocycles. The van der Waals surface area contributed by atoms with Crippen LogP contribution in [0.2, 0.25) is 0 Å². The molecule has 5 atom stereocenters. The Morgan fingerprint density at radius 3 is 1.26 bits per heavy atom. The van der Waals surface area contributed by atoms with E-state index in [0.29, 0.717) is 35.4 Å². The number of benzene rings is 6. The van der Waals surface area contributed by atoms with Crippen LogP contribution in [0, 0.1) is 0 Å². The highest BCUT2D eigenvalue weighted by molar-refractivity contribution is 7.92. The third kappa shape index (κ3) is 16.2. The van der Waals surface area contributed by atoms with Crippen molar-refractivity contribution in [2.24, 2.45) is 0 Å². The number of fused-ring (bicyclic) bond motifs is 3. The number of likely N-dealkylation sites (N-methyl/N-ethyl adjacent to an activating group) is 3. The van der Waals surface area contributed by atoms with E-state index in [1.165, 1.54) is 76.5 Å². The Bertz CT molecular complexity index is 3720. The summed E-state index contributed by atoms with van der Waals surface area (Å²) < 4.78 is 106. The summed E-state index contributed by atoms with van der Waals surface area (Å²) in [5.41, 5.74) is -2.10. The lowest BCUT2D eigenvalue weighted by atomic mass is 9.87. The molecule has 22 heteroatoms. The van der Waals surface area contributed by atoms with Crippen molar-refractivity contribution < 1.29 is 73.5 Å². The topological polar surface area (TPSA) is 259 Å². The highest BCUT2D eigenvalue weighted by atomic mass is 32.2. The fraction of sp³-hybridized carbons (Fsp3) is 0.381. The molecule has 0 aliphatic carbocycles. The smallest absolute Gasteiger partial charge is 0.410 e. The van der Waals surface area contributed by atoms with Crippen LogP contribution < -0.4 is 19.5 Å². The summed E-state index contributed by atoms with van der Waals surface area (Å²) in [4.78, 5) is 40.6. The van der Waals surface area contributed by atoms with E-state index in [1.54, 1.807) is 148 Å². The predicted octanol–water partition coefficient (Wildman–Crippen LogP) is 9.56. The van der Waals surface area contributed by atoms with Gasteiger partial charge in [-0.15, -0.1) is 0 Å². The predicted molar refractivity (Wildman–Crippen MR) is 317 cm³/mol. The molecule has 0 saturated carbocycles. The van der Waals surface area contributed by atoms with E-state index in [2.05, 4.69) is 5.32 Å². The first kappa shape index (κ1) is 65.2. The number of Topliss-reactive ketones (excluding diaryl/α,β-unsaturated/α-hetero) is 1. The standard InChI is InChI=1S/C23H29NO6S.C22H25NO6S.C18H21NO4S/c1-22(2,3)30-21(25)24(5)15-16-14-23(4,26)19-12-11-18(13-20(19)29-16)31(27,28)17-9-7-6-8-10-17;1-22(2,3)29-21(25)23(4)14-15-12-19(24)18-11-10-17(13-20(18)28-15)30(26,27)16-8-6-5-7-9-16;1-18(20)11-13(12-19-2)23-17-10-15(8-9-16(17)18)24(21,22)14-6-4-3-5-7-14/h6-13,16,26H,14-15H2,1-5H3;5-11,13,15H,12,14H2,1-4H3;3-10,13,19-20H,11-12H2,1-2H3. The summed E-state index contributed by atoms with van der Waals surface area (Å²) in [7, 11) is -6.12. The van der Waals surface area contributed by atoms with E-state index in [-0.39, 0.29) is 78.7 Å². The second-order valence-electron chi connectivity index (χ2n) is 23.5. The lowest BCUT2D eigenvalue weighted by Crippen LogP contribution is -2.45. The van der Waals surface area contributed by atoms with Crippen LogP contribution in [0.25, 0.3) is 0 Å². The number of amides is 2. The third-order valence-electron chi connectivity index (χ3n) is 13.8. The Kier molecular flexibility index (Phi) is 19.7. The second kappa shape index (κ2) is 25.7. The molecule has 9 rings (SSSR count). The maximum atomic E-state index is 13.0. The quantitative estimate of drug-likeness (QED) is 0.103. The average Bonchev–Trinajstić information content (AvgIpc) is 1.40. The van der Waals surface area contributed by atoms with Crippen molar-refractivity contribution in [2.45, 2.75) is 145 Å². The number of ether oxygens (including phenoxy) is 5. The molecule has 5 unspecified atom stereocenters. The van der Waals surface area contributed by atoms with Gasteiger partial charge in [-0.1, -0.05) is 66.7 Å². The van der Waals surface area contributed by atoms with Gasteiger partial charge in [-0.05, 0) is 141 Å². The number of nitrogens with one attached hydrogen (secondary N) is 1. The number of carbonyl (C=O) groups excluding carboxylic acids is 3. The van der Waals surface area contributed by atoms with Crippen LogP contribution in [0.5, 0.6) is 17.2 Å². The molecule has 6 aromatic carbocycles. The zero-order chi connectivity index (χ0) is 62.5. The lowest BCUT2D eigenvalue weighted by Gasteiger charge is -2.38. The molecule has 0 radical (unpaired) electrons. The van der Waals surface area contributed by atoms with Crippen LogP contribution in [0.4, 0.5) is 9.59 Å². The Balaban J connectivity index is 0.000000184. The molecule has 0 saturated heterocycles. The molecular weight excluding hydrogens is 1150 g/mol. The first-order chi connectivity index (χ1) is 39.6. The van der Waals surface area contributed by atoms with Crippen LogP contribution in [0.1, 0.15) is 96.1 Å². The first-order valence-corrected chi connectivity index (χ1v) is 31.9. The molecule has 0 aromatic heterocycles. The molecule has 456 valence electrons. The third-order valence-corrected chi connectivity index (χ3v) is 19.1. The largest absolute Gasteiger partial charge is 0.489 e. The number of rotatable bonds is 12. The number of sulfone groups is 3. The molecule has 2 amide bonds. The molecular formula is C63H75N3O16S3. The number of hydrogen-bond donors (Lipinski definition) is 3. The van der Waals surface area contributed by atoms with Crippen molar-refractivity contribution in [3.05, 3.63) is 162 Å². The van der Waals surface area contributed by atoms with E-state index in [4.69, 9.17) is 23.7 Å². The van der Waals surface area contributed by atoms with Gasteiger partial charge in [-0.25, -0.2) is 34.8 Å². The molecule has 0 spiro atoms. The average molecular weight is 1230 g/mol. The van der Waals surface area contributed by atoms with Gasteiger partial charge in [0.15, 0.2) is 5.78 Å². The Labute approximate surface area is 498 Å². The van der Waals surface area contributed by atoms with Crippen molar-refractivity contribution in [1.82, 2.24) is 15.1 Å². The summed E-state index contributed by atoms with van der Waals surface area (Å²) in [5.74, 6) is 0.743. The number of carbonyl (C=O) groups is 3. The zero-order valence-corrected chi connectivity index (χ0v) is 52.0. The summed E-state index contributed by atoms with van der Waals surface area (Å²) in [6.07, 6.45) is -1.58. The molecule has 0 fully saturated rings. The maximum Gasteiger partial charge on any atom is 0.410 e. The Morgan fingerprint density at radius 1 is 0.529 bits per heavy atom. The van der Waals surface area contributed by atoms with Gasteiger partial charge in [-0.2, -0.15) is 0 Å². The molecule has 3 N–H and O–H groups in total. The molecule has 6 aromatic rings. The van der Waals surface area contributed by atoms with Crippen molar-refractivity contribution in [3.63, 3.8) is 0 Å². The normalized spacial score (nSPS) is 20.1. The van der Waals surface area contributed by atoms with Gasteiger partial charge < -0.3 is 49.0 Å². The molecule has 19 nitrogen and oxygen atoms in total. The molecule has 0 bridgehead atoms. The highest BCUT2D eigenvalue weighted by Crippen LogP contribution is 2.43. The summed E-state index contributed by atoms with van der Waals surface area (Å²) in [6.45, 7) is 14.9. The lowest BCUT2D eigenvalue weighted by molar-refractivity contribution is -0.0281. The maximum absolute atomic E-state index is 13.0. The van der Waals surface area contributed by atoms with E-state index in [1.807, 2.05) is 7.05 Å². The van der Waals surface area contributed by atoms with Crippen LogP contribution in [0.15, 0.2) is 175 Å². The van der Waals surface area contributed by atoms with Gasteiger partial charge in [-0.3, -0.25) is 4.79 Å². The summed E-state index contributed by atoms with van der Waals surface area (Å²) >= 11 is 0. The van der Waals surface area contributed by atoms with Gasteiger partial charge in [0.1, 0.15) is 46.8 Å². The minimum absolute atomic E-state index is 0.0430. The van der Waals surface area contributed by atoms with Crippen molar-refractivity contribution in [1.29, 1.82) is 0 Å². The SMILES string of the molecule is CN(CC1CC(=O)c2ccc(S(=O)(=O)c3ccccc3)cc2O1)C(=O)OC(C)(C)C.CN(CC1CC(C)(O)c2ccc(S(=O)(=O)c3ccccc3)cc2O1)C(=O)OC(C)(C)C.CNCC1CC(C)(O)c2ccc(S(=O)(=O)c3ccccc3)cc2O1. The van der Waals surface area contributed by atoms with Crippen LogP contribution >= 0.6 is 0 Å². The van der Waals surface area contributed by atoms with Gasteiger partial charge in [0.2, 0.25) is 29.5 Å². The Hall–Kier alpha value is -7.34. The second-order valence-corrected chi connectivity index (χ2v) is 29.4. The number of hydrogen-bond acceptors (Lipinski definition) is 17. The fourth-order valence-corrected chi connectivity index (χ4v) is 13.6. The van der Waals surface area contributed by atoms with Crippen molar-refractivity contribution in [3.8, 4) is 17.2 Å².